The highest BCUT2D eigenvalue weighted by Gasteiger charge is 2.39. The van der Waals surface area contributed by atoms with Crippen LogP contribution in [0, 0.1) is 0 Å². The predicted octanol–water partition coefficient (Wildman–Crippen LogP) is 13.6. The molecular weight excluding hydrogens is 617 g/mol. The quantitative estimate of drug-likeness (QED) is 0.152. The molecule has 2 nitrogen and oxygen atoms in total. The molecule has 0 heterocycles. The lowest BCUT2D eigenvalue weighted by Gasteiger charge is -2.31. The van der Waals surface area contributed by atoms with E-state index >= 15 is 0 Å². The van der Waals surface area contributed by atoms with E-state index in [2.05, 4.69) is 219 Å². The molecule has 1 atom stereocenters. The van der Waals surface area contributed by atoms with E-state index in [0.717, 1.165) is 34.9 Å². The van der Waals surface area contributed by atoms with E-state index in [4.69, 9.17) is 0 Å². The van der Waals surface area contributed by atoms with Gasteiger partial charge in [0, 0.05) is 44.8 Å². The van der Waals surface area contributed by atoms with E-state index in [9.17, 15) is 0 Å². The molecule has 0 N–H and O–H groups in total. The minimum Gasteiger partial charge on any atom is -0.311 e. The van der Waals surface area contributed by atoms with Gasteiger partial charge < -0.3 is 9.80 Å². The van der Waals surface area contributed by atoms with Crippen molar-refractivity contribution in [2.75, 3.05) is 9.80 Å². The fourth-order valence-electron chi connectivity index (χ4n) is 8.00. The summed E-state index contributed by atoms with van der Waals surface area (Å²) in [6.45, 7) is 9.36. The molecular formula is C49H44N2. The van der Waals surface area contributed by atoms with Gasteiger partial charge in [-0.05, 0) is 101 Å². The third-order valence-corrected chi connectivity index (χ3v) is 11.1. The maximum Gasteiger partial charge on any atom is 0.0543 e. The molecule has 1 aliphatic rings. The number of benzene rings is 7. The lowest BCUT2D eigenvalue weighted by molar-refractivity contribution is 0.564. The number of rotatable bonds is 9. The van der Waals surface area contributed by atoms with Crippen LogP contribution >= 0.6 is 0 Å². The van der Waals surface area contributed by atoms with Crippen LogP contribution in [-0.4, -0.2) is 0 Å². The van der Waals surface area contributed by atoms with Gasteiger partial charge in [-0.2, -0.15) is 0 Å². The first kappa shape index (κ1) is 32.4. The number of hydrogen-bond acceptors (Lipinski definition) is 2. The van der Waals surface area contributed by atoms with Gasteiger partial charge in [-0.1, -0.05) is 143 Å². The van der Waals surface area contributed by atoms with Crippen molar-refractivity contribution in [3.05, 3.63) is 204 Å². The number of anilines is 6. The fourth-order valence-corrected chi connectivity index (χ4v) is 8.00. The van der Waals surface area contributed by atoms with Crippen LogP contribution < -0.4 is 9.80 Å². The van der Waals surface area contributed by atoms with Crippen molar-refractivity contribution in [2.24, 2.45) is 0 Å². The molecule has 0 spiro atoms. The molecule has 0 aliphatic heterocycles. The molecule has 7 aromatic rings. The highest BCUT2D eigenvalue weighted by atomic mass is 15.1. The summed E-state index contributed by atoms with van der Waals surface area (Å²) in [4.78, 5) is 4.75. The summed E-state index contributed by atoms with van der Waals surface area (Å²) in [5, 5.41) is 0. The Labute approximate surface area is 303 Å². The molecule has 0 saturated carbocycles. The largest absolute Gasteiger partial charge is 0.311 e. The normalized spacial score (nSPS) is 14.8. The third kappa shape index (κ3) is 5.62. The molecule has 0 fully saturated rings. The van der Waals surface area contributed by atoms with Gasteiger partial charge in [0.05, 0.1) is 5.69 Å². The molecule has 1 aliphatic carbocycles. The second kappa shape index (κ2) is 13.1. The van der Waals surface area contributed by atoms with Crippen LogP contribution in [0.15, 0.2) is 182 Å². The SMILES string of the molecule is CCC1(C)c2ccccc2-c2c(N(c3ccccc3)c3ccc(C(C)(C)c4ccc(N(c5ccccc5)c5ccccc5)cc4)cc3)cccc21. The summed E-state index contributed by atoms with van der Waals surface area (Å²) in [6.07, 6.45) is 1.05. The van der Waals surface area contributed by atoms with Crippen LogP contribution in [0.4, 0.5) is 34.1 Å². The Kier molecular flexibility index (Phi) is 8.32. The highest BCUT2D eigenvalue weighted by molar-refractivity contribution is 5.95. The molecule has 51 heavy (non-hydrogen) atoms. The van der Waals surface area contributed by atoms with Gasteiger partial charge >= 0.3 is 0 Å². The molecule has 2 heteroatoms. The summed E-state index contributed by atoms with van der Waals surface area (Å²) in [6, 6.07) is 66.1. The topological polar surface area (TPSA) is 6.48 Å². The van der Waals surface area contributed by atoms with Gasteiger partial charge in [0.15, 0.2) is 0 Å². The van der Waals surface area contributed by atoms with Gasteiger partial charge in [0.2, 0.25) is 0 Å². The summed E-state index contributed by atoms with van der Waals surface area (Å²) < 4.78 is 0. The van der Waals surface area contributed by atoms with E-state index in [0.29, 0.717) is 0 Å². The molecule has 7 aromatic carbocycles. The standard InChI is InChI=1S/C49H44N2/c1-5-49(4)44-25-16-15-24-43(44)47-45(49)26-17-27-46(47)51(40-22-13-8-14-23-40)42-34-30-37(31-35-42)48(2,3)36-28-32-41(33-29-36)50(38-18-9-6-10-19-38)39-20-11-7-12-21-39/h6-35H,5H2,1-4H3. The van der Waals surface area contributed by atoms with Crippen LogP contribution in [0.5, 0.6) is 0 Å². The van der Waals surface area contributed by atoms with E-state index in [-0.39, 0.29) is 10.8 Å². The maximum absolute atomic E-state index is 2.43. The molecule has 1 unspecified atom stereocenters. The van der Waals surface area contributed by atoms with Crippen molar-refractivity contribution < 1.29 is 0 Å². The Morgan fingerprint density at radius 2 is 0.843 bits per heavy atom. The van der Waals surface area contributed by atoms with E-state index in [1.54, 1.807) is 0 Å². The van der Waals surface area contributed by atoms with Gasteiger partial charge in [-0.25, -0.2) is 0 Å². The molecule has 0 amide bonds. The van der Waals surface area contributed by atoms with Crippen LogP contribution in [0.3, 0.4) is 0 Å². The first-order valence-electron chi connectivity index (χ1n) is 18.1. The van der Waals surface area contributed by atoms with E-state index < -0.39 is 0 Å². The highest BCUT2D eigenvalue weighted by Crippen LogP contribution is 2.55. The molecule has 0 aromatic heterocycles. The average molecular weight is 661 g/mol. The zero-order chi connectivity index (χ0) is 35.0. The zero-order valence-corrected chi connectivity index (χ0v) is 29.9. The molecule has 0 bridgehead atoms. The van der Waals surface area contributed by atoms with Gasteiger partial charge in [-0.15, -0.1) is 0 Å². The molecule has 0 radical (unpaired) electrons. The number of nitrogens with zero attached hydrogens (tertiary/aromatic N) is 2. The molecule has 250 valence electrons. The first-order chi connectivity index (χ1) is 24.9. The minimum atomic E-state index is -0.200. The number of para-hydroxylation sites is 3. The second-order valence-corrected chi connectivity index (χ2v) is 14.3. The van der Waals surface area contributed by atoms with Crippen LogP contribution in [0.2, 0.25) is 0 Å². The summed E-state index contributed by atoms with van der Waals surface area (Å²) >= 11 is 0. The maximum atomic E-state index is 2.43. The van der Waals surface area contributed by atoms with Crippen molar-refractivity contribution in [1.29, 1.82) is 0 Å². The molecule has 8 rings (SSSR count). The lowest BCUT2D eigenvalue weighted by Crippen LogP contribution is -2.20. The van der Waals surface area contributed by atoms with Gasteiger partial charge in [0.1, 0.15) is 0 Å². The Hall–Kier alpha value is -5.86. The lowest BCUT2D eigenvalue weighted by atomic mass is 9.78. The van der Waals surface area contributed by atoms with Crippen molar-refractivity contribution in [3.63, 3.8) is 0 Å². The van der Waals surface area contributed by atoms with E-state index in [1.807, 2.05) is 0 Å². The first-order valence-corrected chi connectivity index (χ1v) is 18.1. The van der Waals surface area contributed by atoms with Crippen molar-refractivity contribution >= 4 is 34.1 Å². The number of hydrogen-bond donors (Lipinski definition) is 0. The van der Waals surface area contributed by atoms with Crippen LogP contribution in [-0.2, 0) is 10.8 Å². The Bertz CT molecular complexity index is 2220. The molecule has 0 saturated heterocycles. The van der Waals surface area contributed by atoms with Crippen LogP contribution in [0.25, 0.3) is 11.1 Å². The van der Waals surface area contributed by atoms with Crippen molar-refractivity contribution in [1.82, 2.24) is 0 Å². The monoisotopic (exact) mass is 660 g/mol. The van der Waals surface area contributed by atoms with Gasteiger partial charge in [0.25, 0.3) is 0 Å². The van der Waals surface area contributed by atoms with Crippen molar-refractivity contribution in [2.45, 2.75) is 44.9 Å². The smallest absolute Gasteiger partial charge is 0.0543 e. The minimum absolute atomic E-state index is 0.0209. The Morgan fingerprint density at radius 1 is 0.431 bits per heavy atom. The summed E-state index contributed by atoms with van der Waals surface area (Å²) in [5.74, 6) is 0. The summed E-state index contributed by atoms with van der Waals surface area (Å²) in [7, 11) is 0. The second-order valence-electron chi connectivity index (χ2n) is 14.3. The van der Waals surface area contributed by atoms with E-state index in [1.165, 1.54) is 39.1 Å². The average Bonchev–Trinajstić information content (AvgIpc) is 3.45. The van der Waals surface area contributed by atoms with Gasteiger partial charge in [-0.3, -0.25) is 0 Å². The Balaban J connectivity index is 1.16. The fraction of sp³-hybridized carbons (Fsp3) is 0.143. The van der Waals surface area contributed by atoms with Crippen LogP contribution in [0.1, 0.15) is 56.4 Å². The zero-order valence-electron chi connectivity index (χ0n) is 29.9. The third-order valence-electron chi connectivity index (χ3n) is 11.1. The summed E-state index contributed by atoms with van der Waals surface area (Å²) in [5.41, 5.74) is 14.8. The number of fused-ring (bicyclic) bond motifs is 3. The Morgan fingerprint density at radius 3 is 1.35 bits per heavy atom. The predicted molar refractivity (Wildman–Crippen MR) is 217 cm³/mol. The van der Waals surface area contributed by atoms with Crippen molar-refractivity contribution in [3.8, 4) is 11.1 Å².